The van der Waals surface area contributed by atoms with Crippen molar-refractivity contribution in [3.05, 3.63) is 81.4 Å². The minimum absolute atomic E-state index is 0.0705. The van der Waals surface area contributed by atoms with Gasteiger partial charge in [0.05, 0.1) is 13.0 Å². The summed E-state index contributed by atoms with van der Waals surface area (Å²) in [5.74, 6) is 0.693. The third-order valence-electron chi connectivity index (χ3n) is 4.36. The molecule has 2 aromatic carbocycles. The first-order chi connectivity index (χ1) is 13.5. The van der Waals surface area contributed by atoms with Gasteiger partial charge in [0.15, 0.2) is 5.82 Å². The molecule has 0 bridgehead atoms. The van der Waals surface area contributed by atoms with Crippen molar-refractivity contribution in [2.24, 2.45) is 0 Å². The van der Waals surface area contributed by atoms with Crippen molar-refractivity contribution >= 4 is 29.0 Å². The summed E-state index contributed by atoms with van der Waals surface area (Å²) >= 11 is 11.9. The third-order valence-corrected chi connectivity index (χ3v) is 4.86. The van der Waals surface area contributed by atoms with Crippen LogP contribution in [0.15, 0.2) is 53.1 Å². The van der Waals surface area contributed by atoms with E-state index < -0.39 is 0 Å². The SMILES string of the molecule is O=C(Cc1ccc(Cl)cc1)C[C@@H](Cc1ccc(Cl)cc1)c1noc(CCO)n1. The minimum Gasteiger partial charge on any atom is -0.396 e. The normalized spacial score (nSPS) is 12.1. The Morgan fingerprint density at radius 3 is 2.21 bits per heavy atom. The van der Waals surface area contributed by atoms with Crippen molar-refractivity contribution in [3.63, 3.8) is 0 Å². The van der Waals surface area contributed by atoms with E-state index in [1.807, 2.05) is 36.4 Å². The lowest BCUT2D eigenvalue weighted by molar-refractivity contribution is -0.118. The van der Waals surface area contributed by atoms with Crippen LogP contribution in [0.2, 0.25) is 10.0 Å². The molecule has 3 rings (SSSR count). The fraction of sp³-hybridized carbons (Fsp3) is 0.286. The van der Waals surface area contributed by atoms with Crippen LogP contribution in [-0.4, -0.2) is 27.6 Å². The molecule has 0 spiro atoms. The molecule has 0 amide bonds. The summed E-state index contributed by atoms with van der Waals surface area (Å²) in [6, 6.07) is 14.7. The zero-order valence-corrected chi connectivity index (χ0v) is 16.7. The van der Waals surface area contributed by atoms with Gasteiger partial charge in [-0.3, -0.25) is 4.79 Å². The molecule has 5 nitrogen and oxygen atoms in total. The van der Waals surface area contributed by atoms with E-state index >= 15 is 0 Å². The number of carbonyl (C=O) groups is 1. The van der Waals surface area contributed by atoms with Crippen LogP contribution in [0.4, 0.5) is 0 Å². The molecule has 0 aliphatic rings. The quantitative estimate of drug-likeness (QED) is 0.555. The van der Waals surface area contributed by atoms with E-state index in [0.717, 1.165) is 11.1 Å². The summed E-state index contributed by atoms with van der Waals surface area (Å²) in [5.41, 5.74) is 1.94. The molecule has 0 saturated carbocycles. The molecule has 0 radical (unpaired) electrons. The molecule has 28 heavy (non-hydrogen) atoms. The first-order valence-electron chi connectivity index (χ1n) is 8.97. The fourth-order valence-electron chi connectivity index (χ4n) is 2.97. The number of Topliss-reactive ketones (excluding diaryl/α,β-unsaturated/α-hetero) is 1. The smallest absolute Gasteiger partial charge is 0.228 e. The number of hydrogen-bond acceptors (Lipinski definition) is 5. The molecule has 0 aliphatic heterocycles. The summed E-state index contributed by atoms with van der Waals surface area (Å²) in [6.07, 6.45) is 1.47. The molecule has 0 unspecified atom stereocenters. The Hall–Kier alpha value is -2.21. The molecule has 7 heteroatoms. The lowest BCUT2D eigenvalue weighted by atomic mass is 9.91. The van der Waals surface area contributed by atoms with E-state index in [1.54, 1.807) is 12.1 Å². The van der Waals surface area contributed by atoms with E-state index in [0.29, 0.717) is 41.0 Å². The maximum Gasteiger partial charge on any atom is 0.228 e. The number of aliphatic hydroxyl groups excluding tert-OH is 1. The zero-order valence-electron chi connectivity index (χ0n) is 15.1. The number of hydrogen-bond donors (Lipinski definition) is 1. The first kappa shape index (κ1) is 20.5. The largest absolute Gasteiger partial charge is 0.396 e. The van der Waals surface area contributed by atoms with Crippen molar-refractivity contribution in [2.45, 2.75) is 31.6 Å². The standard InChI is InChI=1S/C21H20Cl2N2O3/c22-17-5-1-14(2-6-17)11-16(21-24-20(9-10-26)28-25-21)13-19(27)12-15-3-7-18(23)8-4-15/h1-8,16,26H,9-13H2/t16-/m1/s1. The highest BCUT2D eigenvalue weighted by molar-refractivity contribution is 6.30. The Morgan fingerprint density at radius 2 is 1.61 bits per heavy atom. The lowest BCUT2D eigenvalue weighted by Crippen LogP contribution is -2.13. The maximum atomic E-state index is 12.7. The second-order valence-electron chi connectivity index (χ2n) is 6.59. The Labute approximate surface area is 173 Å². The van der Waals surface area contributed by atoms with Crippen LogP contribution in [0.25, 0.3) is 0 Å². The highest BCUT2D eigenvalue weighted by Gasteiger charge is 2.22. The number of nitrogens with zero attached hydrogens (tertiary/aromatic N) is 2. The van der Waals surface area contributed by atoms with Crippen LogP contribution in [0.1, 0.15) is 35.2 Å². The average molecular weight is 419 g/mol. The third kappa shape index (κ3) is 5.89. The first-order valence-corrected chi connectivity index (χ1v) is 9.73. The molecule has 1 aromatic heterocycles. The van der Waals surface area contributed by atoms with Crippen LogP contribution in [0.3, 0.4) is 0 Å². The van der Waals surface area contributed by atoms with Gasteiger partial charge in [0.25, 0.3) is 0 Å². The second kappa shape index (κ2) is 9.82. The number of aliphatic hydroxyl groups is 1. The van der Waals surface area contributed by atoms with Gasteiger partial charge in [0.1, 0.15) is 5.78 Å². The van der Waals surface area contributed by atoms with Gasteiger partial charge < -0.3 is 9.63 Å². The Balaban J connectivity index is 1.75. The molecule has 0 saturated heterocycles. The Kier molecular flexibility index (Phi) is 7.20. The van der Waals surface area contributed by atoms with Gasteiger partial charge in [-0.1, -0.05) is 52.6 Å². The number of carbonyl (C=O) groups excluding carboxylic acids is 1. The van der Waals surface area contributed by atoms with Crippen molar-refractivity contribution in [3.8, 4) is 0 Å². The van der Waals surface area contributed by atoms with Gasteiger partial charge in [-0.25, -0.2) is 0 Å². The molecule has 0 aliphatic carbocycles. The van der Waals surface area contributed by atoms with Gasteiger partial charge in [0, 0.05) is 28.8 Å². The molecule has 1 atom stereocenters. The second-order valence-corrected chi connectivity index (χ2v) is 7.47. The maximum absolute atomic E-state index is 12.7. The number of benzene rings is 2. The van der Waals surface area contributed by atoms with Crippen molar-refractivity contribution in [2.75, 3.05) is 6.61 Å². The summed E-state index contributed by atoms with van der Waals surface area (Å²) in [7, 11) is 0. The monoisotopic (exact) mass is 418 g/mol. The molecule has 1 N–H and O–H groups in total. The predicted molar refractivity (Wildman–Crippen MR) is 108 cm³/mol. The highest BCUT2D eigenvalue weighted by Crippen LogP contribution is 2.25. The predicted octanol–water partition coefficient (Wildman–Crippen LogP) is 4.44. The summed E-state index contributed by atoms with van der Waals surface area (Å²) in [5, 5.41) is 14.4. The lowest BCUT2D eigenvalue weighted by Gasteiger charge is -2.13. The number of rotatable bonds is 9. The summed E-state index contributed by atoms with van der Waals surface area (Å²) in [6.45, 7) is -0.0705. The van der Waals surface area contributed by atoms with E-state index in [-0.39, 0.29) is 24.7 Å². The molecular formula is C21H20Cl2N2O3. The molecular weight excluding hydrogens is 399 g/mol. The Bertz CT molecular complexity index is 908. The van der Waals surface area contributed by atoms with Crippen molar-refractivity contribution in [1.29, 1.82) is 0 Å². The average Bonchev–Trinajstić information content (AvgIpc) is 3.14. The van der Waals surface area contributed by atoms with Crippen molar-refractivity contribution < 1.29 is 14.4 Å². The number of halogens is 2. The highest BCUT2D eigenvalue weighted by atomic mass is 35.5. The molecule has 1 heterocycles. The van der Waals surface area contributed by atoms with Crippen LogP contribution in [0.5, 0.6) is 0 Å². The summed E-state index contributed by atoms with van der Waals surface area (Å²) < 4.78 is 5.19. The fourth-order valence-corrected chi connectivity index (χ4v) is 3.22. The van der Waals surface area contributed by atoms with E-state index in [1.165, 1.54) is 0 Å². The van der Waals surface area contributed by atoms with Gasteiger partial charge in [0.2, 0.25) is 5.89 Å². The topological polar surface area (TPSA) is 76.2 Å². The summed E-state index contributed by atoms with van der Waals surface area (Å²) in [4.78, 5) is 17.0. The van der Waals surface area contributed by atoms with Gasteiger partial charge in [-0.15, -0.1) is 0 Å². The van der Waals surface area contributed by atoms with Gasteiger partial charge >= 0.3 is 0 Å². The number of aromatic nitrogens is 2. The molecule has 3 aromatic rings. The van der Waals surface area contributed by atoms with E-state index in [2.05, 4.69) is 10.1 Å². The van der Waals surface area contributed by atoms with Crippen LogP contribution in [-0.2, 0) is 24.1 Å². The van der Waals surface area contributed by atoms with E-state index in [9.17, 15) is 4.79 Å². The van der Waals surface area contributed by atoms with Crippen LogP contribution in [0, 0.1) is 0 Å². The van der Waals surface area contributed by atoms with Gasteiger partial charge in [-0.2, -0.15) is 4.98 Å². The van der Waals surface area contributed by atoms with Gasteiger partial charge in [-0.05, 0) is 41.8 Å². The van der Waals surface area contributed by atoms with Crippen LogP contribution < -0.4 is 0 Å². The van der Waals surface area contributed by atoms with Crippen molar-refractivity contribution in [1.82, 2.24) is 10.1 Å². The molecule has 0 fully saturated rings. The van der Waals surface area contributed by atoms with Crippen LogP contribution >= 0.6 is 23.2 Å². The number of ketones is 1. The Morgan fingerprint density at radius 1 is 1.00 bits per heavy atom. The minimum atomic E-state index is -0.225. The van der Waals surface area contributed by atoms with E-state index in [4.69, 9.17) is 32.8 Å². The zero-order chi connectivity index (χ0) is 19.9. The molecule has 146 valence electrons.